The van der Waals surface area contributed by atoms with Crippen molar-refractivity contribution in [2.24, 2.45) is 0 Å². The molecule has 0 radical (unpaired) electrons. The summed E-state index contributed by atoms with van der Waals surface area (Å²) in [5, 5.41) is 2.27. The SMILES string of the molecule is CCC(CC)c1ccnc(-n2c3[c-]c(Oc4[c-]c(N5[CH-]N(c6cccc(C(C)(C)C)c6)c6ccccc65)ccc4)ccc3c3ccccc32)c1.[Pt]. The summed E-state index contributed by atoms with van der Waals surface area (Å²) in [6.45, 7) is 13.4. The van der Waals surface area contributed by atoms with Crippen molar-refractivity contribution < 1.29 is 25.8 Å². The summed E-state index contributed by atoms with van der Waals surface area (Å²) in [5.74, 6) is 2.63. The summed E-state index contributed by atoms with van der Waals surface area (Å²) in [4.78, 5) is 9.27. The summed E-state index contributed by atoms with van der Waals surface area (Å²) >= 11 is 0. The third kappa shape index (κ3) is 6.45. The number of anilines is 4. The molecule has 3 heterocycles. The van der Waals surface area contributed by atoms with E-state index < -0.39 is 0 Å². The Morgan fingerprint density at radius 3 is 2.24 bits per heavy atom. The first-order valence-corrected chi connectivity index (χ1v) is 17.6. The van der Waals surface area contributed by atoms with Gasteiger partial charge in [-0.1, -0.05) is 82.6 Å². The van der Waals surface area contributed by atoms with E-state index in [0.29, 0.717) is 17.4 Å². The number of aromatic nitrogens is 2. The predicted molar refractivity (Wildman–Crippen MR) is 206 cm³/mol. The average Bonchev–Trinajstić information content (AvgIpc) is 3.68. The van der Waals surface area contributed by atoms with Gasteiger partial charge in [-0.3, -0.25) is 0 Å². The number of hydrogen-bond donors (Lipinski definition) is 0. The first-order chi connectivity index (χ1) is 24.3. The third-order valence-corrected chi connectivity index (χ3v) is 9.87. The molecule has 2 aromatic heterocycles. The van der Waals surface area contributed by atoms with Gasteiger partial charge < -0.3 is 19.1 Å². The first kappa shape index (κ1) is 34.6. The van der Waals surface area contributed by atoms with Crippen LogP contribution in [-0.2, 0) is 26.5 Å². The van der Waals surface area contributed by atoms with E-state index in [1.165, 1.54) is 11.1 Å². The van der Waals surface area contributed by atoms with E-state index in [1.54, 1.807) is 0 Å². The number of hydrogen-bond acceptors (Lipinski definition) is 4. The Labute approximate surface area is 315 Å². The van der Waals surface area contributed by atoms with Crippen LogP contribution < -0.4 is 14.5 Å². The van der Waals surface area contributed by atoms with Crippen LogP contribution in [0.1, 0.15) is 64.5 Å². The van der Waals surface area contributed by atoms with Crippen LogP contribution >= 0.6 is 0 Å². The smallest absolute Gasteiger partial charge is 0.135 e. The molecule has 260 valence electrons. The van der Waals surface area contributed by atoms with Crippen molar-refractivity contribution >= 4 is 44.6 Å². The van der Waals surface area contributed by atoms with Gasteiger partial charge in [0.15, 0.2) is 0 Å². The summed E-state index contributed by atoms with van der Waals surface area (Å²) in [6.07, 6.45) is 4.12. The van der Waals surface area contributed by atoms with E-state index in [2.05, 4.69) is 165 Å². The van der Waals surface area contributed by atoms with Crippen molar-refractivity contribution in [3.8, 4) is 17.3 Å². The van der Waals surface area contributed by atoms with Crippen LogP contribution in [0.3, 0.4) is 0 Å². The Bertz CT molecular complexity index is 2330. The minimum atomic E-state index is 0. The molecular formula is C45H41N4OPt-3. The van der Waals surface area contributed by atoms with Crippen molar-refractivity contribution in [2.45, 2.75) is 58.8 Å². The van der Waals surface area contributed by atoms with Gasteiger partial charge in [0, 0.05) is 61.3 Å². The third-order valence-electron chi connectivity index (χ3n) is 9.87. The zero-order chi connectivity index (χ0) is 34.4. The second kappa shape index (κ2) is 14.0. The minimum absolute atomic E-state index is 0. The Morgan fingerprint density at radius 2 is 1.45 bits per heavy atom. The molecule has 0 spiro atoms. The largest absolute Gasteiger partial charge is 0.509 e. The summed E-state index contributed by atoms with van der Waals surface area (Å²) in [7, 11) is 0. The van der Waals surface area contributed by atoms with Crippen LogP contribution in [0.15, 0.2) is 121 Å². The van der Waals surface area contributed by atoms with Crippen LogP contribution in [0, 0.1) is 18.8 Å². The number of nitrogens with zero attached hydrogens (tertiary/aromatic N) is 4. The van der Waals surface area contributed by atoms with Crippen molar-refractivity contribution in [3.05, 3.63) is 151 Å². The van der Waals surface area contributed by atoms with Gasteiger partial charge in [0.25, 0.3) is 0 Å². The van der Waals surface area contributed by atoms with E-state index in [4.69, 9.17) is 9.72 Å². The van der Waals surface area contributed by atoms with Crippen LogP contribution in [0.25, 0.3) is 27.6 Å². The molecule has 1 aliphatic rings. The molecule has 6 heteroatoms. The molecule has 0 saturated heterocycles. The Hall–Kier alpha value is -4.86. The van der Waals surface area contributed by atoms with E-state index in [0.717, 1.165) is 63.2 Å². The summed E-state index contributed by atoms with van der Waals surface area (Å²) < 4.78 is 8.74. The van der Waals surface area contributed by atoms with Crippen molar-refractivity contribution in [3.63, 3.8) is 0 Å². The molecule has 5 nitrogen and oxygen atoms in total. The van der Waals surface area contributed by atoms with Gasteiger partial charge >= 0.3 is 0 Å². The maximum absolute atomic E-state index is 6.52. The number of rotatable bonds is 8. The molecule has 1 aliphatic heterocycles. The molecule has 0 bridgehead atoms. The summed E-state index contributed by atoms with van der Waals surface area (Å²) in [5.41, 5.74) is 8.91. The van der Waals surface area contributed by atoms with E-state index in [-0.39, 0.29) is 26.5 Å². The van der Waals surface area contributed by atoms with E-state index >= 15 is 0 Å². The van der Waals surface area contributed by atoms with Crippen molar-refractivity contribution in [1.82, 2.24) is 9.55 Å². The fraction of sp³-hybridized carbons (Fsp3) is 0.200. The van der Waals surface area contributed by atoms with Crippen molar-refractivity contribution in [1.29, 1.82) is 0 Å². The van der Waals surface area contributed by atoms with Gasteiger partial charge in [-0.25, -0.2) is 4.98 Å². The number of para-hydroxylation sites is 3. The maximum atomic E-state index is 6.52. The average molecular weight is 849 g/mol. The molecular weight excluding hydrogens is 808 g/mol. The fourth-order valence-corrected chi connectivity index (χ4v) is 7.13. The standard InChI is InChI=1S/C45H41N4O.Pt/c1-6-31(7-2)32-24-25-46-44(26-32)49-40-19-9-8-18-38(40)39-23-22-37(29-43(39)49)50-36-17-13-16-35(28-36)48-30-47(41-20-10-11-21-42(41)48)34-15-12-14-33(27-34)45(3,4)5;/h8-27,30-31H,6-7H2,1-5H3;/q-3;. The zero-order valence-electron chi connectivity index (χ0n) is 29.6. The van der Waals surface area contributed by atoms with Crippen LogP contribution in [0.2, 0.25) is 0 Å². The van der Waals surface area contributed by atoms with E-state index in [1.807, 2.05) is 24.4 Å². The second-order valence-corrected chi connectivity index (χ2v) is 14.0. The molecule has 7 aromatic rings. The molecule has 8 rings (SSSR count). The molecule has 51 heavy (non-hydrogen) atoms. The number of benzene rings is 5. The van der Waals surface area contributed by atoms with Crippen molar-refractivity contribution in [2.75, 3.05) is 9.80 Å². The van der Waals surface area contributed by atoms with Crippen LogP contribution in [0.4, 0.5) is 22.7 Å². The minimum Gasteiger partial charge on any atom is -0.509 e. The molecule has 0 saturated carbocycles. The maximum Gasteiger partial charge on any atom is 0.135 e. The quantitative estimate of drug-likeness (QED) is 0.143. The Morgan fingerprint density at radius 1 is 0.725 bits per heavy atom. The second-order valence-electron chi connectivity index (χ2n) is 14.0. The molecule has 0 amide bonds. The molecule has 0 aliphatic carbocycles. The molecule has 0 N–H and O–H groups in total. The number of pyridine rings is 1. The van der Waals surface area contributed by atoms with Crippen LogP contribution in [-0.4, -0.2) is 9.55 Å². The first-order valence-electron chi connectivity index (χ1n) is 17.6. The number of fused-ring (bicyclic) bond motifs is 4. The fourth-order valence-electron chi connectivity index (χ4n) is 7.13. The van der Waals surface area contributed by atoms with Gasteiger partial charge in [0.05, 0.1) is 0 Å². The Balaban J connectivity index is 0.00000406. The normalized spacial score (nSPS) is 12.8. The topological polar surface area (TPSA) is 33.5 Å². The van der Waals surface area contributed by atoms with Gasteiger partial charge in [-0.05, 0) is 83.2 Å². The Kier molecular flexibility index (Phi) is 9.52. The molecule has 5 aromatic carbocycles. The number of ether oxygens (including phenoxy) is 1. The molecule has 0 unspecified atom stereocenters. The monoisotopic (exact) mass is 848 g/mol. The van der Waals surface area contributed by atoms with Gasteiger partial charge in [0.2, 0.25) is 0 Å². The summed E-state index contributed by atoms with van der Waals surface area (Å²) in [6, 6.07) is 47.4. The van der Waals surface area contributed by atoms with Gasteiger partial charge in [-0.2, -0.15) is 12.1 Å². The molecule has 0 fully saturated rings. The van der Waals surface area contributed by atoms with Gasteiger partial charge in [-0.15, -0.1) is 48.1 Å². The zero-order valence-corrected chi connectivity index (χ0v) is 31.9. The van der Waals surface area contributed by atoms with Gasteiger partial charge in [0.1, 0.15) is 5.82 Å². The predicted octanol–water partition coefficient (Wildman–Crippen LogP) is 12.2. The van der Waals surface area contributed by atoms with Crippen LogP contribution in [0.5, 0.6) is 11.5 Å². The van der Waals surface area contributed by atoms with E-state index in [9.17, 15) is 0 Å². The molecule has 0 atom stereocenters.